The van der Waals surface area contributed by atoms with E-state index in [1.54, 1.807) is 19.9 Å². The Bertz CT molecular complexity index is 800. The summed E-state index contributed by atoms with van der Waals surface area (Å²) in [6.45, 7) is 4.03. The molecule has 2 atom stereocenters. The van der Waals surface area contributed by atoms with E-state index in [-0.39, 0.29) is 6.04 Å². The minimum absolute atomic E-state index is 0.107. The predicted molar refractivity (Wildman–Crippen MR) is 97.2 cm³/mol. The van der Waals surface area contributed by atoms with Crippen LogP contribution in [0.4, 0.5) is 0 Å². The Kier molecular flexibility index (Phi) is 4.36. The Labute approximate surface area is 147 Å². The van der Waals surface area contributed by atoms with Crippen molar-refractivity contribution in [3.63, 3.8) is 0 Å². The molecule has 2 fully saturated rings. The summed E-state index contributed by atoms with van der Waals surface area (Å²) in [5, 5.41) is 0.933. The monoisotopic (exact) mass is 365 g/mol. The van der Waals surface area contributed by atoms with Crippen LogP contribution in [0.15, 0.2) is 24.3 Å². The van der Waals surface area contributed by atoms with Gasteiger partial charge < -0.3 is 0 Å². The minimum atomic E-state index is -3.40. The maximum Gasteiger partial charge on any atom is 0.282 e. The Hall–Kier alpha value is -1.02. The van der Waals surface area contributed by atoms with E-state index >= 15 is 0 Å². The van der Waals surface area contributed by atoms with Gasteiger partial charge in [-0.25, -0.2) is 4.98 Å². The summed E-state index contributed by atoms with van der Waals surface area (Å²) in [7, 11) is -3.40. The average molecular weight is 366 g/mol. The van der Waals surface area contributed by atoms with Crippen LogP contribution < -0.4 is 0 Å². The highest BCUT2D eigenvalue weighted by atomic mass is 32.2. The largest absolute Gasteiger partial charge is 0.282 e. The highest BCUT2D eigenvalue weighted by Gasteiger charge is 2.41. The summed E-state index contributed by atoms with van der Waals surface area (Å²) in [6.07, 6.45) is 3.85. The van der Waals surface area contributed by atoms with Gasteiger partial charge in [-0.15, -0.1) is 11.3 Å². The van der Waals surface area contributed by atoms with E-state index in [2.05, 4.69) is 13.0 Å². The van der Waals surface area contributed by atoms with Crippen LogP contribution in [0.2, 0.25) is 0 Å². The molecule has 0 aliphatic carbocycles. The van der Waals surface area contributed by atoms with Crippen molar-refractivity contribution in [1.29, 1.82) is 0 Å². The number of thiazole rings is 1. The van der Waals surface area contributed by atoms with Gasteiger partial charge in [0.1, 0.15) is 5.01 Å². The van der Waals surface area contributed by atoms with Crippen LogP contribution >= 0.6 is 11.3 Å². The minimum Gasteiger partial charge on any atom is -0.239 e. The van der Waals surface area contributed by atoms with E-state index in [1.807, 2.05) is 18.2 Å². The normalized spacial score (nSPS) is 27.0. The van der Waals surface area contributed by atoms with E-state index < -0.39 is 10.2 Å². The first-order valence-corrected chi connectivity index (χ1v) is 10.9. The lowest BCUT2D eigenvalue weighted by Crippen LogP contribution is -2.47. The molecule has 2 unspecified atom stereocenters. The van der Waals surface area contributed by atoms with Crippen molar-refractivity contribution in [2.45, 2.75) is 38.6 Å². The zero-order valence-corrected chi connectivity index (χ0v) is 15.5. The fourth-order valence-electron chi connectivity index (χ4n) is 3.80. The smallest absolute Gasteiger partial charge is 0.239 e. The molecule has 0 radical (unpaired) electrons. The van der Waals surface area contributed by atoms with Crippen LogP contribution in [0.3, 0.4) is 0 Å². The lowest BCUT2D eigenvalue weighted by molar-refractivity contribution is 0.254. The number of rotatable bonds is 3. The first kappa shape index (κ1) is 16.4. The van der Waals surface area contributed by atoms with Crippen molar-refractivity contribution >= 4 is 31.8 Å². The zero-order chi connectivity index (χ0) is 16.7. The molecule has 7 heteroatoms. The molecule has 0 amide bonds. The van der Waals surface area contributed by atoms with Crippen molar-refractivity contribution in [3.8, 4) is 0 Å². The van der Waals surface area contributed by atoms with Gasteiger partial charge in [-0.1, -0.05) is 19.1 Å². The number of hydrogen-bond acceptors (Lipinski definition) is 4. The number of piperidine rings is 1. The second-order valence-electron chi connectivity index (χ2n) is 6.90. The highest BCUT2D eigenvalue weighted by molar-refractivity contribution is 7.86. The lowest BCUT2D eigenvalue weighted by atomic mass is 10.0. The Morgan fingerprint density at radius 3 is 2.75 bits per heavy atom. The second-order valence-corrected chi connectivity index (χ2v) is 9.85. The summed E-state index contributed by atoms with van der Waals surface area (Å²) in [5.74, 6) is 0.442. The van der Waals surface area contributed by atoms with E-state index in [9.17, 15) is 8.42 Å². The molecule has 3 heterocycles. The molecule has 5 nitrogen and oxygen atoms in total. The van der Waals surface area contributed by atoms with Crippen LogP contribution in [0, 0.1) is 5.92 Å². The molecule has 1 aromatic carbocycles. The molecule has 2 aliphatic heterocycles. The molecular weight excluding hydrogens is 342 g/mol. The number of benzene rings is 1. The van der Waals surface area contributed by atoms with E-state index in [0.29, 0.717) is 25.6 Å². The van der Waals surface area contributed by atoms with Gasteiger partial charge in [-0.3, -0.25) is 0 Å². The van der Waals surface area contributed by atoms with Crippen molar-refractivity contribution in [1.82, 2.24) is 13.6 Å². The fraction of sp³-hybridized carbons (Fsp3) is 0.588. The Morgan fingerprint density at radius 2 is 1.96 bits per heavy atom. The maximum absolute atomic E-state index is 13.2. The first-order chi connectivity index (χ1) is 11.6. The van der Waals surface area contributed by atoms with Gasteiger partial charge in [0.25, 0.3) is 10.2 Å². The third-order valence-electron chi connectivity index (χ3n) is 5.04. The molecule has 2 aromatic rings. The number of para-hydroxylation sites is 1. The molecular formula is C17H23N3O2S2. The number of fused-ring (bicyclic) bond motifs is 1. The molecule has 24 heavy (non-hydrogen) atoms. The Morgan fingerprint density at radius 1 is 1.17 bits per heavy atom. The van der Waals surface area contributed by atoms with Gasteiger partial charge in [0.2, 0.25) is 0 Å². The topological polar surface area (TPSA) is 53.5 Å². The quantitative estimate of drug-likeness (QED) is 0.837. The fourth-order valence-corrected chi connectivity index (χ4v) is 6.97. The molecule has 0 bridgehead atoms. The molecule has 1 aromatic heterocycles. The number of nitrogens with zero attached hydrogens (tertiary/aromatic N) is 3. The summed E-state index contributed by atoms with van der Waals surface area (Å²) in [5.41, 5.74) is 0.966. The average Bonchev–Trinajstić information content (AvgIpc) is 3.21. The van der Waals surface area contributed by atoms with E-state index in [0.717, 1.165) is 40.9 Å². The molecule has 2 aliphatic rings. The summed E-state index contributed by atoms with van der Waals surface area (Å²) in [6, 6.07) is 7.92. The van der Waals surface area contributed by atoms with Crippen LogP contribution in [0.1, 0.15) is 43.7 Å². The van der Waals surface area contributed by atoms with Gasteiger partial charge in [0, 0.05) is 19.6 Å². The first-order valence-electron chi connectivity index (χ1n) is 8.68. The van der Waals surface area contributed by atoms with Crippen LogP contribution in [0.5, 0.6) is 0 Å². The number of hydrogen-bond donors (Lipinski definition) is 0. The maximum atomic E-state index is 13.2. The molecule has 130 valence electrons. The molecule has 0 N–H and O–H groups in total. The van der Waals surface area contributed by atoms with Crippen LogP contribution in [-0.2, 0) is 10.2 Å². The summed E-state index contributed by atoms with van der Waals surface area (Å²) >= 11 is 1.63. The van der Waals surface area contributed by atoms with Crippen molar-refractivity contribution < 1.29 is 8.42 Å². The number of aromatic nitrogens is 1. The standard InChI is InChI=1S/C17H23N3O2S2/c1-13-6-4-10-19(12-13)24(21,22)20-11-5-8-15(20)17-18-14-7-2-3-9-16(14)23-17/h2-3,7,9,13,15H,4-6,8,10-12H2,1H3. The lowest BCUT2D eigenvalue weighted by Gasteiger charge is -2.34. The zero-order valence-electron chi connectivity index (χ0n) is 13.9. The SMILES string of the molecule is CC1CCCN(S(=O)(=O)N2CCCC2c2nc3ccccc3s2)C1. The van der Waals surface area contributed by atoms with Crippen molar-refractivity contribution in [3.05, 3.63) is 29.3 Å². The van der Waals surface area contributed by atoms with Gasteiger partial charge in [-0.05, 0) is 43.7 Å². The van der Waals surface area contributed by atoms with Gasteiger partial charge >= 0.3 is 0 Å². The summed E-state index contributed by atoms with van der Waals surface area (Å²) < 4.78 is 30.8. The predicted octanol–water partition coefficient (Wildman–Crippen LogP) is 3.41. The molecule has 0 saturated carbocycles. The highest BCUT2D eigenvalue weighted by Crippen LogP contribution is 2.39. The van der Waals surface area contributed by atoms with E-state index in [1.165, 1.54) is 0 Å². The van der Waals surface area contributed by atoms with Gasteiger partial charge in [0.15, 0.2) is 0 Å². The van der Waals surface area contributed by atoms with Crippen molar-refractivity contribution in [2.75, 3.05) is 19.6 Å². The Balaban J connectivity index is 1.64. The third-order valence-corrected chi connectivity index (χ3v) is 8.19. The molecule has 2 saturated heterocycles. The van der Waals surface area contributed by atoms with Gasteiger partial charge in [0.05, 0.1) is 16.3 Å². The van der Waals surface area contributed by atoms with Gasteiger partial charge in [-0.2, -0.15) is 17.0 Å². The van der Waals surface area contributed by atoms with Crippen LogP contribution in [-0.4, -0.2) is 41.6 Å². The third kappa shape index (κ3) is 2.87. The van der Waals surface area contributed by atoms with E-state index in [4.69, 9.17) is 4.98 Å². The van der Waals surface area contributed by atoms with Crippen LogP contribution in [0.25, 0.3) is 10.2 Å². The summed E-state index contributed by atoms with van der Waals surface area (Å²) in [4.78, 5) is 4.71. The second kappa shape index (κ2) is 6.37. The molecule has 0 spiro atoms. The van der Waals surface area contributed by atoms with Crippen molar-refractivity contribution in [2.24, 2.45) is 5.92 Å². The molecule has 4 rings (SSSR count).